The maximum absolute atomic E-state index is 12.1. The van der Waals surface area contributed by atoms with Crippen molar-refractivity contribution >= 4 is 11.9 Å². The molecule has 0 atom stereocenters. The van der Waals surface area contributed by atoms with Gasteiger partial charge in [-0.25, -0.2) is 10.2 Å². The van der Waals surface area contributed by atoms with Gasteiger partial charge in [0.25, 0.3) is 5.96 Å². The first-order valence-corrected chi connectivity index (χ1v) is 6.52. The highest BCUT2D eigenvalue weighted by Crippen LogP contribution is 2.12. The van der Waals surface area contributed by atoms with Crippen LogP contribution in [0.3, 0.4) is 0 Å². The molecule has 0 spiro atoms. The highest BCUT2D eigenvalue weighted by Gasteiger charge is 2.18. The molecule has 0 radical (unpaired) electrons. The molecule has 3 N–H and O–H groups in total. The Bertz CT molecular complexity index is 499. The molecule has 0 aromatic rings. The molecule has 0 aliphatic carbocycles. The Hall–Kier alpha value is -2.38. The molecule has 0 aromatic carbocycles. The van der Waals surface area contributed by atoms with E-state index in [-0.39, 0.29) is 11.9 Å². The van der Waals surface area contributed by atoms with Crippen LogP contribution in [-0.4, -0.2) is 40.1 Å². The van der Waals surface area contributed by atoms with Gasteiger partial charge in [-0.1, -0.05) is 0 Å². The number of allylic oxidation sites excluding steroid dienone is 2. The Morgan fingerprint density at radius 1 is 1.50 bits per heavy atom. The normalized spacial score (nSPS) is 20.9. The molecule has 2 heterocycles. The van der Waals surface area contributed by atoms with Crippen molar-refractivity contribution in [3.05, 3.63) is 28.5 Å². The molecule has 0 bridgehead atoms. The summed E-state index contributed by atoms with van der Waals surface area (Å²) in [5.74, 6) is -0.0167. The predicted molar refractivity (Wildman–Crippen MR) is 71.4 cm³/mol. The molecule has 1 fully saturated rings. The third kappa shape index (κ3) is 3.81. The molecule has 2 aliphatic rings. The standard InChI is InChI=1S/C12H17N5O3/c1-9-7-10(14-12(13-9)15-17(19)20)8-11(18)16-5-3-2-4-6-16/h7-8H,2-6H2,1H3,(H2-,13,14,15,18,19,20)/p+1. The predicted octanol–water partition coefficient (Wildman–Crippen LogP) is 0.419. The lowest BCUT2D eigenvalue weighted by Crippen LogP contribution is -2.42. The zero-order valence-corrected chi connectivity index (χ0v) is 11.3. The summed E-state index contributed by atoms with van der Waals surface area (Å²) >= 11 is 0. The van der Waals surface area contributed by atoms with Gasteiger partial charge in [0.05, 0.1) is 5.70 Å². The number of hydrazine groups is 1. The summed E-state index contributed by atoms with van der Waals surface area (Å²) in [5, 5.41) is 10.9. The van der Waals surface area contributed by atoms with E-state index in [0.717, 1.165) is 32.4 Å². The maximum Gasteiger partial charge on any atom is 0.362 e. The van der Waals surface area contributed by atoms with Gasteiger partial charge >= 0.3 is 5.03 Å². The van der Waals surface area contributed by atoms with E-state index in [2.05, 4.69) is 15.7 Å². The number of aliphatic imine (C=N–C) groups is 1. The van der Waals surface area contributed by atoms with Crippen LogP contribution in [0.25, 0.3) is 0 Å². The number of amides is 1. The van der Waals surface area contributed by atoms with E-state index >= 15 is 0 Å². The lowest BCUT2D eigenvalue weighted by molar-refractivity contribution is -0.822. The second kappa shape index (κ2) is 6.18. The number of piperidine rings is 1. The van der Waals surface area contributed by atoms with Crippen LogP contribution in [0.2, 0.25) is 0 Å². The molecular formula is C12H18N5O3+. The number of likely N-dealkylation sites (tertiary alicyclic amines) is 1. The zero-order chi connectivity index (χ0) is 14.5. The van der Waals surface area contributed by atoms with Gasteiger partial charge in [-0.3, -0.25) is 4.79 Å². The van der Waals surface area contributed by atoms with Crippen LogP contribution in [0, 0.1) is 4.91 Å². The summed E-state index contributed by atoms with van der Waals surface area (Å²) in [7, 11) is 0. The first-order chi connectivity index (χ1) is 9.54. The van der Waals surface area contributed by atoms with Crippen molar-refractivity contribution < 1.29 is 15.0 Å². The summed E-state index contributed by atoms with van der Waals surface area (Å²) < 4.78 is 0. The fourth-order valence-electron chi connectivity index (χ4n) is 2.18. The Morgan fingerprint density at radius 3 is 2.85 bits per heavy atom. The van der Waals surface area contributed by atoms with Crippen LogP contribution in [-0.2, 0) is 4.79 Å². The number of guanidine groups is 1. The summed E-state index contributed by atoms with van der Waals surface area (Å²) in [6, 6.07) is 0. The van der Waals surface area contributed by atoms with Crippen molar-refractivity contribution in [2.45, 2.75) is 26.2 Å². The molecular weight excluding hydrogens is 262 g/mol. The summed E-state index contributed by atoms with van der Waals surface area (Å²) in [5.41, 5.74) is 3.20. The quantitative estimate of drug-likeness (QED) is 0.503. The number of hydrogen-bond acceptors (Lipinski definition) is 4. The Kier molecular flexibility index (Phi) is 4.34. The van der Waals surface area contributed by atoms with E-state index in [0.29, 0.717) is 11.4 Å². The van der Waals surface area contributed by atoms with E-state index in [1.54, 1.807) is 17.9 Å². The molecule has 0 aromatic heterocycles. The number of rotatable bonds is 2. The fraction of sp³-hybridized carbons (Fsp3) is 0.500. The SMILES string of the molecule is CC1=C/C(=C/C(=O)N2CCCCC2)N=C(N[N+](=O)O)N1. The molecule has 0 saturated carbocycles. The van der Waals surface area contributed by atoms with E-state index in [9.17, 15) is 9.70 Å². The van der Waals surface area contributed by atoms with Crippen LogP contribution in [0.4, 0.5) is 0 Å². The first-order valence-electron chi connectivity index (χ1n) is 6.52. The van der Waals surface area contributed by atoms with Gasteiger partial charge in [0.15, 0.2) is 0 Å². The molecule has 8 heteroatoms. The largest absolute Gasteiger partial charge is 0.362 e. The fourth-order valence-corrected chi connectivity index (χ4v) is 2.18. The van der Waals surface area contributed by atoms with Gasteiger partial charge in [-0.15, -0.1) is 0 Å². The average molecular weight is 280 g/mol. The molecule has 1 saturated heterocycles. The van der Waals surface area contributed by atoms with Crippen LogP contribution in [0.1, 0.15) is 26.2 Å². The van der Waals surface area contributed by atoms with E-state index in [1.807, 2.05) is 0 Å². The minimum atomic E-state index is -0.450. The second-order valence-corrected chi connectivity index (χ2v) is 4.75. The lowest BCUT2D eigenvalue weighted by Gasteiger charge is -2.25. The van der Waals surface area contributed by atoms with Crippen LogP contribution >= 0.6 is 0 Å². The highest BCUT2D eigenvalue weighted by molar-refractivity contribution is 5.90. The number of nitrogens with one attached hydrogen (secondary N) is 2. The maximum atomic E-state index is 12.1. The highest BCUT2D eigenvalue weighted by atomic mass is 16.7. The Balaban J connectivity index is 2.10. The van der Waals surface area contributed by atoms with Gasteiger partial charge in [-0.2, -0.15) is 0 Å². The van der Waals surface area contributed by atoms with Crippen molar-refractivity contribution in [1.29, 1.82) is 0 Å². The van der Waals surface area contributed by atoms with Crippen molar-refractivity contribution in [2.24, 2.45) is 4.99 Å². The second-order valence-electron chi connectivity index (χ2n) is 4.75. The van der Waals surface area contributed by atoms with Gasteiger partial charge in [-0.05, 0) is 37.7 Å². The molecule has 108 valence electrons. The molecule has 20 heavy (non-hydrogen) atoms. The number of carbonyl (C=O) groups is 1. The summed E-state index contributed by atoms with van der Waals surface area (Å²) in [6.45, 7) is 3.30. The van der Waals surface area contributed by atoms with Crippen molar-refractivity contribution in [1.82, 2.24) is 15.6 Å². The molecule has 8 nitrogen and oxygen atoms in total. The van der Waals surface area contributed by atoms with Crippen LogP contribution in [0.15, 0.2) is 28.5 Å². The smallest absolute Gasteiger partial charge is 0.339 e. The van der Waals surface area contributed by atoms with Gasteiger partial charge in [0, 0.05) is 24.9 Å². The summed E-state index contributed by atoms with van der Waals surface area (Å²) in [6.07, 6.45) is 6.34. The van der Waals surface area contributed by atoms with Crippen molar-refractivity contribution in [3.63, 3.8) is 0 Å². The van der Waals surface area contributed by atoms with Crippen LogP contribution < -0.4 is 10.7 Å². The van der Waals surface area contributed by atoms with Crippen LogP contribution in [0.5, 0.6) is 0 Å². The topological polar surface area (TPSA) is 97.0 Å². The minimum Gasteiger partial charge on any atom is -0.339 e. The number of hydrogen-bond donors (Lipinski definition) is 3. The lowest BCUT2D eigenvalue weighted by atomic mass is 10.1. The van der Waals surface area contributed by atoms with E-state index < -0.39 is 5.03 Å². The van der Waals surface area contributed by atoms with Crippen molar-refractivity contribution in [2.75, 3.05) is 13.1 Å². The number of carbonyl (C=O) groups excluding carboxylic acids is 1. The molecule has 1 amide bonds. The monoisotopic (exact) mass is 280 g/mol. The zero-order valence-electron chi connectivity index (χ0n) is 11.3. The Morgan fingerprint density at radius 2 is 2.20 bits per heavy atom. The van der Waals surface area contributed by atoms with Gasteiger partial charge < -0.3 is 10.2 Å². The molecule has 2 aliphatic heterocycles. The molecule has 2 rings (SSSR count). The minimum absolute atomic E-state index is 0.0696. The third-order valence-electron chi connectivity index (χ3n) is 3.06. The van der Waals surface area contributed by atoms with E-state index in [1.165, 1.54) is 6.08 Å². The Labute approximate surface area is 116 Å². The first kappa shape index (κ1) is 14.0. The van der Waals surface area contributed by atoms with E-state index in [4.69, 9.17) is 5.21 Å². The van der Waals surface area contributed by atoms with Gasteiger partial charge in [0.2, 0.25) is 5.91 Å². The average Bonchev–Trinajstić information content (AvgIpc) is 2.38. The van der Waals surface area contributed by atoms with Gasteiger partial charge in [0.1, 0.15) is 4.91 Å². The third-order valence-corrected chi connectivity index (χ3v) is 3.06. The molecule has 0 unspecified atom stereocenters. The summed E-state index contributed by atoms with van der Waals surface area (Å²) in [4.78, 5) is 28.4. The number of nitrogens with zero attached hydrogens (tertiary/aromatic N) is 3. The van der Waals surface area contributed by atoms with Crippen molar-refractivity contribution in [3.8, 4) is 0 Å².